The summed E-state index contributed by atoms with van der Waals surface area (Å²) in [5.41, 5.74) is 1.23. The van der Waals surface area contributed by atoms with E-state index in [9.17, 15) is 13.2 Å². The summed E-state index contributed by atoms with van der Waals surface area (Å²) in [7, 11) is -1.04. The van der Waals surface area contributed by atoms with Crippen LogP contribution in [0.2, 0.25) is 0 Å². The van der Waals surface area contributed by atoms with E-state index in [0.717, 1.165) is 22.7 Å². The predicted octanol–water partition coefficient (Wildman–Crippen LogP) is 2.50. The maximum atomic E-state index is 13.4. The van der Waals surface area contributed by atoms with Crippen molar-refractivity contribution in [3.63, 3.8) is 0 Å². The molecule has 0 radical (unpaired) electrons. The number of carbonyl (C=O) groups excluding carboxylic acids is 1. The first-order valence-corrected chi connectivity index (χ1v) is 11.5. The smallest absolute Gasteiger partial charge is 0.264 e. The van der Waals surface area contributed by atoms with Gasteiger partial charge in [-0.05, 0) is 44.0 Å². The molecule has 3 rings (SSSR count). The molecule has 2 aromatic carbocycles. The molecule has 1 aliphatic rings. The maximum Gasteiger partial charge on any atom is 0.264 e. The molecule has 1 aliphatic heterocycles. The lowest BCUT2D eigenvalue weighted by Gasteiger charge is -2.25. The van der Waals surface area contributed by atoms with Crippen LogP contribution in [0.1, 0.15) is 18.4 Å². The molecule has 1 atom stereocenters. The summed E-state index contributed by atoms with van der Waals surface area (Å²) in [6.45, 7) is 2.53. The van der Waals surface area contributed by atoms with Gasteiger partial charge in [-0.25, -0.2) is 8.42 Å². The Hall–Kier alpha value is -2.78. The number of anilines is 1. The van der Waals surface area contributed by atoms with E-state index in [1.54, 1.807) is 24.3 Å². The zero-order valence-electron chi connectivity index (χ0n) is 18.0. The van der Waals surface area contributed by atoms with Gasteiger partial charge in [0.1, 0.15) is 6.54 Å². The van der Waals surface area contributed by atoms with Crippen LogP contribution in [-0.4, -0.2) is 54.3 Å². The molecule has 0 unspecified atom stereocenters. The van der Waals surface area contributed by atoms with Crippen LogP contribution in [0, 0.1) is 6.92 Å². The van der Waals surface area contributed by atoms with Gasteiger partial charge in [-0.1, -0.05) is 17.7 Å². The van der Waals surface area contributed by atoms with Crippen LogP contribution in [0.5, 0.6) is 11.5 Å². The first kappa shape index (κ1) is 22.9. The summed E-state index contributed by atoms with van der Waals surface area (Å²) in [4.78, 5) is 12.8. The number of nitrogens with one attached hydrogen (secondary N) is 1. The summed E-state index contributed by atoms with van der Waals surface area (Å²) in [6.07, 6.45) is 1.80. The molecule has 2 aromatic rings. The first-order chi connectivity index (χ1) is 14.8. The summed E-state index contributed by atoms with van der Waals surface area (Å²) in [5.74, 6) is 0.409. The molecule has 8 nitrogen and oxygen atoms in total. The van der Waals surface area contributed by atoms with Crippen LogP contribution in [0.15, 0.2) is 47.4 Å². The molecule has 1 saturated heterocycles. The average Bonchev–Trinajstić information content (AvgIpc) is 3.29. The van der Waals surface area contributed by atoms with Gasteiger partial charge in [-0.3, -0.25) is 9.10 Å². The fourth-order valence-corrected chi connectivity index (χ4v) is 4.76. The molecule has 31 heavy (non-hydrogen) atoms. The summed E-state index contributed by atoms with van der Waals surface area (Å²) < 4.78 is 44.0. The molecule has 0 saturated carbocycles. The van der Waals surface area contributed by atoms with Crippen LogP contribution in [0.4, 0.5) is 5.69 Å². The van der Waals surface area contributed by atoms with E-state index >= 15 is 0 Å². The number of ether oxygens (including phenoxy) is 3. The van der Waals surface area contributed by atoms with Crippen LogP contribution in [0.3, 0.4) is 0 Å². The predicted molar refractivity (Wildman–Crippen MR) is 117 cm³/mol. The third kappa shape index (κ3) is 5.48. The molecule has 1 heterocycles. The molecule has 1 N–H and O–H groups in total. The van der Waals surface area contributed by atoms with E-state index in [2.05, 4.69) is 5.32 Å². The van der Waals surface area contributed by atoms with Gasteiger partial charge in [0.25, 0.3) is 10.0 Å². The van der Waals surface area contributed by atoms with Gasteiger partial charge < -0.3 is 19.5 Å². The van der Waals surface area contributed by atoms with Crippen molar-refractivity contribution >= 4 is 21.6 Å². The number of carbonyl (C=O) groups is 1. The standard InChI is InChI=1S/C22H28N2O6S/c1-16-6-9-19(10-7-16)31(26,27)24(15-22(25)23-14-18-5-4-12-30-18)17-8-11-20(28-2)21(13-17)29-3/h6-11,13,18H,4-5,12,14-15H2,1-3H3,(H,23,25)/t18-/m1/s1. The van der Waals surface area contributed by atoms with Gasteiger partial charge in [0.2, 0.25) is 5.91 Å². The third-order valence-electron chi connectivity index (χ3n) is 5.10. The largest absolute Gasteiger partial charge is 0.493 e. The number of nitrogens with zero attached hydrogens (tertiary/aromatic N) is 1. The Balaban J connectivity index is 1.91. The number of amides is 1. The minimum atomic E-state index is -4.00. The van der Waals surface area contributed by atoms with E-state index < -0.39 is 15.9 Å². The molecular weight excluding hydrogens is 420 g/mol. The van der Waals surface area contributed by atoms with Gasteiger partial charge in [0.15, 0.2) is 11.5 Å². The number of methoxy groups -OCH3 is 2. The Kier molecular flexibility index (Phi) is 7.40. The van der Waals surface area contributed by atoms with Gasteiger partial charge in [0, 0.05) is 19.2 Å². The lowest BCUT2D eigenvalue weighted by atomic mass is 10.2. The second-order valence-electron chi connectivity index (χ2n) is 7.30. The lowest BCUT2D eigenvalue weighted by Crippen LogP contribution is -2.42. The molecule has 0 aromatic heterocycles. The number of sulfonamides is 1. The second kappa shape index (κ2) is 10.0. The first-order valence-electron chi connectivity index (χ1n) is 10.0. The minimum absolute atomic E-state index is 0.0350. The Morgan fingerprint density at radius 2 is 1.84 bits per heavy atom. The highest BCUT2D eigenvalue weighted by Gasteiger charge is 2.28. The maximum absolute atomic E-state index is 13.4. The van der Waals surface area contributed by atoms with Gasteiger partial charge >= 0.3 is 0 Å². The van der Waals surface area contributed by atoms with Crippen molar-refractivity contribution < 1.29 is 27.4 Å². The zero-order valence-corrected chi connectivity index (χ0v) is 18.8. The monoisotopic (exact) mass is 448 g/mol. The Morgan fingerprint density at radius 3 is 2.45 bits per heavy atom. The SMILES string of the molecule is COc1ccc(N(CC(=O)NC[C@H]2CCCO2)S(=O)(=O)c2ccc(C)cc2)cc1OC. The minimum Gasteiger partial charge on any atom is -0.493 e. The van der Waals surface area contributed by atoms with Gasteiger partial charge in [0.05, 0.1) is 30.9 Å². The number of benzene rings is 2. The van der Waals surface area contributed by atoms with Crippen LogP contribution in [0.25, 0.3) is 0 Å². The highest BCUT2D eigenvalue weighted by molar-refractivity contribution is 7.92. The zero-order chi connectivity index (χ0) is 22.4. The Bertz CT molecular complexity index is 1000. The highest BCUT2D eigenvalue weighted by Crippen LogP contribution is 2.33. The summed E-state index contributed by atoms with van der Waals surface area (Å²) >= 11 is 0. The highest BCUT2D eigenvalue weighted by atomic mass is 32.2. The molecule has 0 bridgehead atoms. The van der Waals surface area contributed by atoms with Crippen LogP contribution < -0.4 is 19.1 Å². The Labute approximate surface area is 183 Å². The molecule has 1 amide bonds. The van der Waals surface area contributed by atoms with Crippen molar-refractivity contribution in [2.24, 2.45) is 0 Å². The third-order valence-corrected chi connectivity index (χ3v) is 6.89. The molecular formula is C22H28N2O6S. The van der Waals surface area contributed by atoms with E-state index in [1.165, 1.54) is 32.4 Å². The fraction of sp³-hybridized carbons (Fsp3) is 0.409. The summed E-state index contributed by atoms with van der Waals surface area (Å²) in [5, 5.41) is 2.78. The van der Waals surface area contributed by atoms with Gasteiger partial charge in [-0.2, -0.15) is 0 Å². The van der Waals surface area contributed by atoms with Crippen molar-refractivity contribution in [1.29, 1.82) is 0 Å². The van der Waals surface area contributed by atoms with Crippen molar-refractivity contribution in [3.8, 4) is 11.5 Å². The number of hydrogen-bond donors (Lipinski definition) is 1. The van der Waals surface area contributed by atoms with Gasteiger partial charge in [-0.15, -0.1) is 0 Å². The molecule has 168 valence electrons. The quantitative estimate of drug-likeness (QED) is 0.634. The average molecular weight is 449 g/mol. The number of rotatable bonds is 9. The fourth-order valence-electron chi connectivity index (χ4n) is 3.35. The van der Waals surface area contributed by atoms with Crippen LogP contribution in [-0.2, 0) is 19.6 Å². The molecule has 9 heteroatoms. The number of aryl methyl sites for hydroxylation is 1. The summed E-state index contributed by atoms with van der Waals surface area (Å²) in [6, 6.07) is 11.2. The topological polar surface area (TPSA) is 94.2 Å². The van der Waals surface area contributed by atoms with E-state index in [4.69, 9.17) is 14.2 Å². The lowest BCUT2D eigenvalue weighted by molar-refractivity contribution is -0.120. The molecule has 0 aliphatic carbocycles. The normalized spacial score (nSPS) is 16.0. The molecule has 0 spiro atoms. The van der Waals surface area contributed by atoms with Crippen molar-refractivity contribution in [2.75, 3.05) is 38.2 Å². The van der Waals surface area contributed by atoms with E-state index in [0.29, 0.717) is 30.3 Å². The Morgan fingerprint density at radius 1 is 1.13 bits per heavy atom. The van der Waals surface area contributed by atoms with Crippen LogP contribution >= 0.6 is 0 Å². The molecule has 1 fully saturated rings. The second-order valence-corrected chi connectivity index (χ2v) is 9.17. The van der Waals surface area contributed by atoms with Crippen molar-refractivity contribution in [2.45, 2.75) is 30.8 Å². The number of hydrogen-bond acceptors (Lipinski definition) is 6. The van der Waals surface area contributed by atoms with E-state index in [1.807, 2.05) is 6.92 Å². The van der Waals surface area contributed by atoms with E-state index in [-0.39, 0.29) is 17.5 Å². The van der Waals surface area contributed by atoms with Crippen molar-refractivity contribution in [1.82, 2.24) is 5.32 Å². The van der Waals surface area contributed by atoms with Crippen molar-refractivity contribution in [3.05, 3.63) is 48.0 Å².